The topological polar surface area (TPSA) is 83.0 Å². The maximum Gasteiger partial charge on any atom is 0.422 e. The number of hydrogen-bond acceptors (Lipinski definition) is 4. The summed E-state index contributed by atoms with van der Waals surface area (Å²) in [6.07, 6.45) is -2.56. The SMILES string of the molecule is CCNC(=NCc1ccc(OCC(F)(F)F)cc1)NCCCN(CC)S(C)(=O)=O. The van der Waals surface area contributed by atoms with Crippen molar-refractivity contribution in [3.63, 3.8) is 0 Å². The molecular formula is C18H29F3N4O3S. The molecule has 0 aromatic heterocycles. The Hall–Kier alpha value is -2.01. The lowest BCUT2D eigenvalue weighted by molar-refractivity contribution is -0.153. The second-order valence-electron chi connectivity index (χ2n) is 6.28. The molecule has 1 rings (SSSR count). The van der Waals surface area contributed by atoms with E-state index in [-0.39, 0.29) is 5.75 Å². The van der Waals surface area contributed by atoms with Gasteiger partial charge in [0.05, 0.1) is 12.8 Å². The third kappa shape index (κ3) is 10.9. The zero-order valence-corrected chi connectivity index (χ0v) is 17.7. The monoisotopic (exact) mass is 438 g/mol. The molecule has 0 heterocycles. The zero-order chi connectivity index (χ0) is 21.9. The quantitative estimate of drug-likeness (QED) is 0.315. The summed E-state index contributed by atoms with van der Waals surface area (Å²) in [5.74, 6) is 0.721. The molecule has 0 saturated heterocycles. The van der Waals surface area contributed by atoms with Crippen molar-refractivity contribution in [1.29, 1.82) is 0 Å². The largest absolute Gasteiger partial charge is 0.484 e. The normalized spacial score (nSPS) is 12.9. The van der Waals surface area contributed by atoms with Crippen LogP contribution >= 0.6 is 0 Å². The van der Waals surface area contributed by atoms with Crippen molar-refractivity contribution in [2.75, 3.05) is 39.0 Å². The van der Waals surface area contributed by atoms with Gasteiger partial charge < -0.3 is 15.4 Å². The summed E-state index contributed by atoms with van der Waals surface area (Å²) in [7, 11) is -3.20. The number of hydrogen-bond donors (Lipinski definition) is 2. The summed E-state index contributed by atoms with van der Waals surface area (Å²) in [6, 6.07) is 6.26. The van der Waals surface area contributed by atoms with Gasteiger partial charge in [0.25, 0.3) is 0 Å². The van der Waals surface area contributed by atoms with Crippen molar-refractivity contribution in [3.8, 4) is 5.75 Å². The molecule has 0 aliphatic rings. The fourth-order valence-electron chi connectivity index (χ4n) is 2.39. The van der Waals surface area contributed by atoms with Gasteiger partial charge in [-0.05, 0) is 31.0 Å². The van der Waals surface area contributed by atoms with E-state index in [1.54, 1.807) is 19.1 Å². The molecular weight excluding hydrogens is 409 g/mol. The number of rotatable bonds is 11. The lowest BCUT2D eigenvalue weighted by atomic mass is 10.2. The van der Waals surface area contributed by atoms with Crippen LogP contribution in [0.1, 0.15) is 25.8 Å². The average Bonchev–Trinajstić information content (AvgIpc) is 2.63. The Balaban J connectivity index is 2.52. The van der Waals surface area contributed by atoms with Crippen LogP contribution in [0, 0.1) is 0 Å². The molecule has 0 fully saturated rings. The van der Waals surface area contributed by atoms with E-state index in [0.717, 1.165) is 5.56 Å². The highest BCUT2D eigenvalue weighted by atomic mass is 32.2. The first-order valence-corrected chi connectivity index (χ1v) is 11.2. The summed E-state index contributed by atoms with van der Waals surface area (Å²) < 4.78 is 65.7. The molecule has 0 bridgehead atoms. The minimum Gasteiger partial charge on any atom is -0.484 e. The highest BCUT2D eigenvalue weighted by Crippen LogP contribution is 2.19. The number of aliphatic imine (C=N–C) groups is 1. The second kappa shape index (κ2) is 11.9. The van der Waals surface area contributed by atoms with Gasteiger partial charge in [-0.2, -0.15) is 13.2 Å². The van der Waals surface area contributed by atoms with Crippen LogP contribution in [0.15, 0.2) is 29.3 Å². The van der Waals surface area contributed by atoms with E-state index >= 15 is 0 Å². The van der Waals surface area contributed by atoms with Gasteiger partial charge in [0, 0.05) is 26.2 Å². The summed E-state index contributed by atoms with van der Waals surface area (Å²) in [6.45, 7) is 4.76. The van der Waals surface area contributed by atoms with Gasteiger partial charge in [-0.3, -0.25) is 0 Å². The van der Waals surface area contributed by atoms with Crippen LogP contribution in [0.3, 0.4) is 0 Å². The smallest absolute Gasteiger partial charge is 0.422 e. The van der Waals surface area contributed by atoms with E-state index in [2.05, 4.69) is 20.4 Å². The average molecular weight is 439 g/mol. The standard InChI is InChI=1S/C18H29F3N4O3S/c1-4-22-17(23-11-6-12-25(5-2)29(3,26)27)24-13-15-7-9-16(10-8-15)28-14-18(19,20)21/h7-10H,4-6,11-14H2,1-3H3,(H2,22,23,24). The molecule has 2 N–H and O–H groups in total. The second-order valence-corrected chi connectivity index (χ2v) is 8.26. The molecule has 1 aromatic carbocycles. The van der Waals surface area contributed by atoms with E-state index in [4.69, 9.17) is 0 Å². The Morgan fingerprint density at radius 3 is 2.34 bits per heavy atom. The fraction of sp³-hybridized carbons (Fsp3) is 0.611. The molecule has 7 nitrogen and oxygen atoms in total. The minimum atomic E-state index is -4.37. The lowest BCUT2D eigenvalue weighted by Crippen LogP contribution is -2.39. The van der Waals surface area contributed by atoms with Gasteiger partial charge in [-0.15, -0.1) is 0 Å². The van der Waals surface area contributed by atoms with Crippen molar-refractivity contribution in [1.82, 2.24) is 14.9 Å². The molecule has 0 radical (unpaired) electrons. The molecule has 29 heavy (non-hydrogen) atoms. The minimum absolute atomic E-state index is 0.145. The Bertz CT molecular complexity index is 738. The van der Waals surface area contributed by atoms with Gasteiger partial charge in [0.1, 0.15) is 5.75 Å². The molecule has 0 aliphatic heterocycles. The van der Waals surface area contributed by atoms with Gasteiger partial charge >= 0.3 is 6.18 Å². The predicted octanol–water partition coefficient (Wildman–Crippen LogP) is 2.35. The van der Waals surface area contributed by atoms with Crippen molar-refractivity contribution >= 4 is 16.0 Å². The molecule has 0 atom stereocenters. The van der Waals surface area contributed by atoms with E-state index in [0.29, 0.717) is 45.1 Å². The summed E-state index contributed by atoms with van der Waals surface area (Å²) in [5.41, 5.74) is 0.816. The number of benzene rings is 1. The van der Waals surface area contributed by atoms with Gasteiger partial charge in [0.15, 0.2) is 12.6 Å². The summed E-state index contributed by atoms with van der Waals surface area (Å²) in [5, 5.41) is 6.23. The highest BCUT2D eigenvalue weighted by molar-refractivity contribution is 7.88. The lowest BCUT2D eigenvalue weighted by Gasteiger charge is -2.18. The number of nitrogens with one attached hydrogen (secondary N) is 2. The predicted molar refractivity (Wildman–Crippen MR) is 108 cm³/mol. The van der Waals surface area contributed by atoms with Gasteiger partial charge in [-0.25, -0.2) is 17.7 Å². The Morgan fingerprint density at radius 2 is 1.83 bits per heavy atom. The molecule has 0 amide bonds. The number of sulfonamides is 1. The van der Waals surface area contributed by atoms with Gasteiger partial charge in [-0.1, -0.05) is 19.1 Å². The molecule has 0 spiro atoms. The van der Waals surface area contributed by atoms with Crippen LogP contribution in [-0.2, 0) is 16.6 Å². The zero-order valence-electron chi connectivity index (χ0n) is 16.9. The molecule has 0 aliphatic carbocycles. The maximum atomic E-state index is 12.2. The Morgan fingerprint density at radius 1 is 1.17 bits per heavy atom. The first-order chi connectivity index (χ1) is 13.5. The number of nitrogens with zero attached hydrogens (tertiary/aromatic N) is 2. The Labute approximate surface area is 170 Å². The highest BCUT2D eigenvalue weighted by Gasteiger charge is 2.28. The van der Waals surface area contributed by atoms with Crippen molar-refractivity contribution in [2.24, 2.45) is 4.99 Å². The van der Waals surface area contributed by atoms with Crippen LogP contribution < -0.4 is 15.4 Å². The molecule has 0 saturated carbocycles. The first-order valence-electron chi connectivity index (χ1n) is 9.31. The van der Waals surface area contributed by atoms with E-state index in [1.165, 1.54) is 22.7 Å². The Kier molecular flexibility index (Phi) is 10.2. The van der Waals surface area contributed by atoms with Gasteiger partial charge in [0.2, 0.25) is 10.0 Å². The van der Waals surface area contributed by atoms with E-state index in [1.807, 2.05) is 6.92 Å². The molecule has 166 valence electrons. The number of alkyl halides is 3. The number of guanidine groups is 1. The summed E-state index contributed by atoms with van der Waals surface area (Å²) in [4.78, 5) is 4.43. The fourth-order valence-corrected chi connectivity index (χ4v) is 3.32. The number of halogens is 3. The third-order valence-electron chi connectivity index (χ3n) is 3.79. The maximum absolute atomic E-state index is 12.2. The molecule has 11 heteroatoms. The summed E-state index contributed by atoms with van der Waals surface area (Å²) >= 11 is 0. The number of ether oxygens (including phenoxy) is 1. The molecule has 0 unspecified atom stereocenters. The van der Waals surface area contributed by atoms with Crippen LogP contribution in [-0.4, -0.2) is 63.9 Å². The van der Waals surface area contributed by atoms with Crippen LogP contribution in [0.5, 0.6) is 5.75 Å². The third-order valence-corrected chi connectivity index (χ3v) is 5.17. The van der Waals surface area contributed by atoms with Crippen molar-refractivity contribution in [2.45, 2.75) is 33.0 Å². The van der Waals surface area contributed by atoms with E-state index < -0.39 is 22.8 Å². The van der Waals surface area contributed by atoms with Crippen LogP contribution in [0.4, 0.5) is 13.2 Å². The van der Waals surface area contributed by atoms with Crippen molar-refractivity contribution < 1.29 is 26.3 Å². The first kappa shape index (κ1) is 25.0. The van der Waals surface area contributed by atoms with Crippen LogP contribution in [0.2, 0.25) is 0 Å². The van der Waals surface area contributed by atoms with Crippen molar-refractivity contribution in [3.05, 3.63) is 29.8 Å². The molecule has 1 aromatic rings. The van der Waals surface area contributed by atoms with Crippen LogP contribution in [0.25, 0.3) is 0 Å². The van der Waals surface area contributed by atoms with E-state index in [9.17, 15) is 21.6 Å².